The van der Waals surface area contributed by atoms with Crippen LogP contribution >= 0.6 is 0 Å². The van der Waals surface area contributed by atoms with Crippen molar-refractivity contribution in [2.75, 3.05) is 11.5 Å². The second kappa shape index (κ2) is 7.79. The van der Waals surface area contributed by atoms with E-state index in [4.69, 9.17) is 11.5 Å². The first-order valence-corrected chi connectivity index (χ1v) is 11.4. The van der Waals surface area contributed by atoms with Gasteiger partial charge in [-0.05, 0) is 49.7 Å². The number of Topliss-reactive ketones (excluding diaryl/α,β-unsaturated/α-hetero) is 2. The third-order valence-electron chi connectivity index (χ3n) is 7.06. The second-order valence-corrected chi connectivity index (χ2v) is 8.97. The van der Waals surface area contributed by atoms with E-state index in [9.17, 15) is 9.59 Å². The Kier molecular flexibility index (Phi) is 5.42. The quantitative estimate of drug-likeness (QED) is 0.382. The van der Waals surface area contributed by atoms with Crippen LogP contribution in [-0.4, -0.2) is 33.2 Å². The number of benzene rings is 1. The first-order valence-electron chi connectivity index (χ1n) is 11.4. The van der Waals surface area contributed by atoms with Crippen molar-refractivity contribution in [3.05, 3.63) is 63.1 Å². The smallest absolute Gasteiger partial charge is 0.397 e. The molecule has 0 atom stereocenters. The van der Waals surface area contributed by atoms with Gasteiger partial charge in [0, 0.05) is 36.6 Å². The number of aromatic nitrogens is 1. The number of carbonyl (C=O) groups is 2. The Bertz CT molecular complexity index is 1400. The lowest BCUT2D eigenvalue weighted by Gasteiger charge is -2.34. The number of ketones is 2. The van der Waals surface area contributed by atoms with Gasteiger partial charge in [0.05, 0.1) is 22.5 Å². The number of fused-ring (bicyclic) bond motifs is 2. The molecular weight excluding hydrogens is 437 g/mol. The number of rotatable bonds is 5. The molecule has 9 heteroatoms. The topological polar surface area (TPSA) is 94.1 Å². The lowest BCUT2D eigenvalue weighted by Crippen LogP contribution is -2.51. The fourth-order valence-corrected chi connectivity index (χ4v) is 5.52. The molecule has 3 heterocycles. The Balaban J connectivity index is 2.24. The third-order valence-corrected chi connectivity index (χ3v) is 7.06. The molecule has 0 spiro atoms. The van der Waals surface area contributed by atoms with Gasteiger partial charge >= 0.3 is 6.97 Å². The fourth-order valence-electron chi connectivity index (χ4n) is 5.52. The zero-order chi connectivity index (χ0) is 25.3. The number of carbonyl (C=O) groups excluding carboxylic acids is 2. The zero-order valence-electron chi connectivity index (χ0n) is 20.3. The van der Waals surface area contributed by atoms with Crippen LogP contribution in [0, 0.1) is 13.8 Å². The van der Waals surface area contributed by atoms with Crippen molar-refractivity contribution in [2.45, 2.75) is 54.4 Å². The Hall–Kier alpha value is -3.49. The molecule has 1 aromatic carbocycles. The van der Waals surface area contributed by atoms with Gasteiger partial charge in [-0.15, -0.1) is 0 Å². The maximum Gasteiger partial charge on any atom is 0.737 e. The van der Waals surface area contributed by atoms with Gasteiger partial charge in [-0.2, -0.15) is 0 Å². The molecule has 178 valence electrons. The SMILES string of the molecule is CCC(=O)C1=C(C)C2=C(c3ccc(N)c(N)c3)c3c(C)c(C(=O)CC)c(C)n3[B-](F)(F)[N+]2=C1C. The number of nitrogens with zero attached hydrogens (tertiary/aromatic N) is 2. The van der Waals surface area contributed by atoms with Crippen LogP contribution in [0.1, 0.15) is 73.4 Å². The van der Waals surface area contributed by atoms with Gasteiger partial charge in [-0.1, -0.05) is 19.9 Å². The molecule has 6 nitrogen and oxygen atoms in total. The van der Waals surface area contributed by atoms with E-state index in [2.05, 4.69) is 0 Å². The van der Waals surface area contributed by atoms with Crippen LogP contribution < -0.4 is 11.5 Å². The summed E-state index contributed by atoms with van der Waals surface area (Å²) in [5.74, 6) is -0.390. The van der Waals surface area contributed by atoms with Crippen molar-refractivity contribution in [1.82, 2.24) is 4.48 Å². The van der Waals surface area contributed by atoms with Gasteiger partial charge in [0.1, 0.15) is 5.71 Å². The highest BCUT2D eigenvalue weighted by Crippen LogP contribution is 2.47. The molecular formula is C25H29BF2N4O2. The normalized spacial score (nSPS) is 16.8. The van der Waals surface area contributed by atoms with Crippen LogP contribution in [0.5, 0.6) is 0 Å². The summed E-state index contributed by atoms with van der Waals surface area (Å²) in [7, 11) is 0. The van der Waals surface area contributed by atoms with Gasteiger partial charge in [0.25, 0.3) is 0 Å². The Morgan fingerprint density at radius 1 is 1.00 bits per heavy atom. The number of allylic oxidation sites excluding steroid dienone is 2. The Labute approximate surface area is 197 Å². The summed E-state index contributed by atoms with van der Waals surface area (Å²) in [6.07, 6.45) is 0.404. The molecule has 0 unspecified atom stereocenters. The monoisotopic (exact) mass is 466 g/mol. The van der Waals surface area contributed by atoms with Crippen LogP contribution in [0.2, 0.25) is 0 Å². The van der Waals surface area contributed by atoms with Crippen LogP contribution in [0.25, 0.3) is 5.57 Å². The highest BCUT2D eigenvalue weighted by atomic mass is 19.2. The summed E-state index contributed by atoms with van der Waals surface area (Å²) in [5, 5.41) is 0. The standard InChI is InChI=1S/C25H29BF2N4O2/c1-7-19(33)21-12(3)24-23(16-9-10-17(29)18(30)11-16)25-13(4)22(20(34)8-2)15(6)32(25)26(27,28)31(24)14(21)5/h9-11H,7-8,29-30H2,1-6H3. The Morgan fingerprint density at radius 3 is 2.18 bits per heavy atom. The number of halogens is 2. The summed E-state index contributed by atoms with van der Waals surface area (Å²) in [4.78, 5) is 25.6. The largest absolute Gasteiger partial charge is 0.737 e. The number of hydrogen-bond acceptors (Lipinski definition) is 4. The summed E-state index contributed by atoms with van der Waals surface area (Å²) in [6.45, 7) is 5.57. The van der Waals surface area contributed by atoms with Crippen molar-refractivity contribution in [1.29, 1.82) is 0 Å². The maximum absolute atomic E-state index is 16.4. The van der Waals surface area contributed by atoms with Crippen LogP contribution in [0.4, 0.5) is 20.0 Å². The van der Waals surface area contributed by atoms with Gasteiger partial charge < -0.3 is 29.1 Å². The second-order valence-electron chi connectivity index (χ2n) is 8.97. The molecule has 0 saturated carbocycles. The zero-order valence-corrected chi connectivity index (χ0v) is 20.3. The van der Waals surface area contributed by atoms with E-state index in [1.54, 1.807) is 59.7 Å². The van der Waals surface area contributed by atoms with Crippen molar-refractivity contribution >= 4 is 41.2 Å². The first-order chi connectivity index (χ1) is 15.9. The van der Waals surface area contributed by atoms with Crippen molar-refractivity contribution in [3.63, 3.8) is 0 Å². The first kappa shape index (κ1) is 23.7. The van der Waals surface area contributed by atoms with Gasteiger partial charge in [0.15, 0.2) is 17.3 Å². The molecule has 1 aromatic heterocycles. The van der Waals surface area contributed by atoms with Crippen molar-refractivity contribution in [2.24, 2.45) is 0 Å². The van der Waals surface area contributed by atoms with Crippen LogP contribution in [0.15, 0.2) is 35.0 Å². The van der Waals surface area contributed by atoms with E-state index >= 15 is 8.63 Å². The minimum absolute atomic E-state index is 0.195. The van der Waals surface area contributed by atoms with Gasteiger partial charge in [-0.25, -0.2) is 0 Å². The molecule has 0 radical (unpaired) electrons. The lowest BCUT2D eigenvalue weighted by atomic mass is 9.83. The summed E-state index contributed by atoms with van der Waals surface area (Å²) in [5.41, 5.74) is 16.4. The maximum atomic E-state index is 16.4. The molecule has 0 amide bonds. The third kappa shape index (κ3) is 2.95. The molecule has 4 rings (SSSR count). The molecule has 0 fully saturated rings. The molecule has 0 bridgehead atoms. The molecule has 2 aliphatic heterocycles. The average molecular weight is 466 g/mol. The number of nitrogens with two attached hydrogens (primary N) is 2. The molecule has 0 aliphatic carbocycles. The highest BCUT2D eigenvalue weighted by Gasteiger charge is 2.57. The predicted molar refractivity (Wildman–Crippen MR) is 132 cm³/mol. The minimum Gasteiger partial charge on any atom is -0.397 e. The van der Waals surface area contributed by atoms with Gasteiger partial charge in [0.2, 0.25) is 0 Å². The molecule has 2 aromatic rings. The van der Waals surface area contributed by atoms with E-state index in [-0.39, 0.29) is 47.2 Å². The predicted octanol–water partition coefficient (Wildman–Crippen LogP) is 4.64. The fraction of sp³-hybridized carbons (Fsp3) is 0.320. The van der Waals surface area contributed by atoms with E-state index in [1.807, 2.05) is 0 Å². The average Bonchev–Trinajstić information content (AvgIpc) is 3.20. The number of nitrogen functional groups attached to an aromatic ring is 2. The molecule has 2 aliphatic rings. The minimum atomic E-state index is -4.38. The van der Waals surface area contributed by atoms with E-state index in [0.717, 1.165) is 8.96 Å². The molecule has 0 saturated heterocycles. The highest BCUT2D eigenvalue weighted by molar-refractivity contribution is 6.59. The van der Waals surface area contributed by atoms with Crippen molar-refractivity contribution in [3.8, 4) is 0 Å². The number of anilines is 2. The lowest BCUT2D eigenvalue weighted by molar-refractivity contribution is -0.363. The number of hydrogen-bond donors (Lipinski definition) is 2. The van der Waals surface area contributed by atoms with E-state index in [1.165, 1.54) is 0 Å². The van der Waals surface area contributed by atoms with Gasteiger partial charge in [-0.3, -0.25) is 9.59 Å². The summed E-state index contributed by atoms with van der Waals surface area (Å²) >= 11 is 0. The summed E-state index contributed by atoms with van der Waals surface area (Å²) in [6, 6.07) is 5.02. The van der Waals surface area contributed by atoms with Crippen molar-refractivity contribution < 1.29 is 22.7 Å². The molecule has 4 N–H and O–H groups in total. The van der Waals surface area contributed by atoms with Crippen LogP contribution in [-0.2, 0) is 4.79 Å². The Morgan fingerprint density at radius 2 is 1.62 bits per heavy atom. The van der Waals surface area contributed by atoms with E-state index in [0.29, 0.717) is 44.8 Å². The van der Waals surface area contributed by atoms with E-state index < -0.39 is 6.97 Å². The molecule has 34 heavy (non-hydrogen) atoms. The van der Waals surface area contributed by atoms with Crippen LogP contribution in [0.3, 0.4) is 0 Å². The summed E-state index contributed by atoms with van der Waals surface area (Å²) < 4.78 is 34.7.